The summed E-state index contributed by atoms with van der Waals surface area (Å²) in [5, 5.41) is 8.89. The lowest BCUT2D eigenvalue weighted by Gasteiger charge is -2.24. The maximum absolute atomic E-state index is 4.84. The van der Waals surface area contributed by atoms with Gasteiger partial charge in [0.1, 0.15) is 5.82 Å². The molecule has 1 N–H and O–H groups in total. The van der Waals surface area contributed by atoms with Crippen molar-refractivity contribution in [2.45, 2.75) is 6.04 Å². The summed E-state index contributed by atoms with van der Waals surface area (Å²) >= 11 is 0. The molecule has 0 saturated heterocycles. The molecule has 28 heavy (non-hydrogen) atoms. The predicted octanol–water partition coefficient (Wildman–Crippen LogP) is 3.75. The van der Waals surface area contributed by atoms with Gasteiger partial charge in [-0.1, -0.05) is 42.5 Å². The molecule has 1 atom stereocenters. The summed E-state index contributed by atoms with van der Waals surface area (Å²) < 4.78 is 1.83. The van der Waals surface area contributed by atoms with E-state index in [1.807, 2.05) is 66.5 Å². The summed E-state index contributed by atoms with van der Waals surface area (Å²) in [4.78, 5) is 11.8. The lowest BCUT2D eigenvalue weighted by Crippen LogP contribution is -2.27. The molecule has 4 aromatic rings. The third-order valence-electron chi connectivity index (χ3n) is 4.83. The van der Waals surface area contributed by atoms with Crippen molar-refractivity contribution in [2.24, 2.45) is 7.05 Å². The highest BCUT2D eigenvalue weighted by atomic mass is 15.2. The summed E-state index contributed by atoms with van der Waals surface area (Å²) in [6, 6.07) is 18.4. The number of hydrogen-bond donors (Lipinski definition) is 1. The summed E-state index contributed by atoms with van der Waals surface area (Å²) in [6.07, 6.45) is 3.97. The van der Waals surface area contributed by atoms with Crippen LogP contribution in [0.25, 0.3) is 22.3 Å². The van der Waals surface area contributed by atoms with Crippen molar-refractivity contribution in [3.05, 3.63) is 72.6 Å². The van der Waals surface area contributed by atoms with Gasteiger partial charge in [-0.05, 0) is 26.2 Å². The zero-order chi connectivity index (χ0) is 19.5. The highest BCUT2D eigenvalue weighted by Gasteiger charge is 2.17. The second-order valence-electron chi connectivity index (χ2n) is 7.09. The minimum atomic E-state index is 0.183. The Morgan fingerprint density at radius 3 is 2.46 bits per heavy atom. The van der Waals surface area contributed by atoms with Crippen LogP contribution >= 0.6 is 0 Å². The van der Waals surface area contributed by atoms with Crippen molar-refractivity contribution in [2.75, 3.05) is 26.0 Å². The van der Waals surface area contributed by atoms with Crippen LogP contribution in [0.3, 0.4) is 0 Å². The topological polar surface area (TPSA) is 58.9 Å². The fourth-order valence-corrected chi connectivity index (χ4v) is 3.33. The van der Waals surface area contributed by atoms with Crippen molar-refractivity contribution in [1.29, 1.82) is 0 Å². The molecule has 0 fully saturated rings. The molecule has 4 rings (SSSR count). The average Bonchev–Trinajstić information content (AvgIpc) is 3.14. The van der Waals surface area contributed by atoms with Gasteiger partial charge in [0.15, 0.2) is 5.82 Å². The maximum Gasteiger partial charge on any atom is 0.162 e. The molecule has 0 aliphatic rings. The van der Waals surface area contributed by atoms with Crippen molar-refractivity contribution in [3.8, 4) is 11.4 Å². The van der Waals surface area contributed by atoms with Crippen LogP contribution in [0, 0.1) is 0 Å². The van der Waals surface area contributed by atoms with Crippen LogP contribution in [0.15, 0.2) is 67.0 Å². The van der Waals surface area contributed by atoms with Gasteiger partial charge in [0.05, 0.1) is 17.8 Å². The second-order valence-corrected chi connectivity index (χ2v) is 7.09. The molecule has 2 heterocycles. The lowest BCUT2D eigenvalue weighted by atomic mass is 10.1. The Kier molecular flexibility index (Phi) is 5.04. The zero-order valence-corrected chi connectivity index (χ0v) is 16.4. The van der Waals surface area contributed by atoms with Gasteiger partial charge in [-0.25, -0.2) is 9.97 Å². The third kappa shape index (κ3) is 3.73. The summed E-state index contributed by atoms with van der Waals surface area (Å²) in [5.74, 6) is 1.57. The average molecular weight is 372 g/mol. The van der Waals surface area contributed by atoms with E-state index >= 15 is 0 Å². The molecule has 1 unspecified atom stereocenters. The standard InChI is InChI=1S/C22H24N6/c1-27(2)20(17-13-24-28(3)15-17)14-23-22-18-11-7-8-12-19(18)25-21(26-22)16-9-5-4-6-10-16/h4-13,15,20H,14H2,1-3H3,(H,23,25,26). The van der Waals surface area contributed by atoms with Gasteiger partial charge in [0, 0.05) is 36.3 Å². The smallest absolute Gasteiger partial charge is 0.162 e. The summed E-state index contributed by atoms with van der Waals surface area (Å²) in [6.45, 7) is 0.716. The summed E-state index contributed by atoms with van der Waals surface area (Å²) in [5.41, 5.74) is 3.11. The number of nitrogens with zero attached hydrogens (tertiary/aromatic N) is 5. The zero-order valence-electron chi connectivity index (χ0n) is 16.4. The van der Waals surface area contributed by atoms with Gasteiger partial charge in [0.25, 0.3) is 0 Å². The predicted molar refractivity (Wildman–Crippen MR) is 113 cm³/mol. The van der Waals surface area contributed by atoms with Crippen molar-refractivity contribution in [1.82, 2.24) is 24.6 Å². The van der Waals surface area contributed by atoms with Gasteiger partial charge in [0.2, 0.25) is 0 Å². The van der Waals surface area contributed by atoms with E-state index in [1.165, 1.54) is 5.56 Å². The Morgan fingerprint density at radius 1 is 1.00 bits per heavy atom. The molecule has 0 spiro atoms. The maximum atomic E-state index is 4.84. The molecule has 2 aromatic carbocycles. The molecule has 6 nitrogen and oxygen atoms in total. The number of para-hydroxylation sites is 1. The Morgan fingerprint density at radius 2 is 1.75 bits per heavy atom. The largest absolute Gasteiger partial charge is 0.368 e. The van der Waals surface area contributed by atoms with Crippen LogP contribution in [0.4, 0.5) is 5.82 Å². The van der Waals surface area contributed by atoms with Crippen LogP contribution in [0.2, 0.25) is 0 Å². The second kappa shape index (κ2) is 7.78. The lowest BCUT2D eigenvalue weighted by molar-refractivity contribution is 0.311. The SMILES string of the molecule is CN(C)C(CNc1nc(-c2ccccc2)nc2ccccc12)c1cnn(C)c1. The number of anilines is 1. The molecule has 0 saturated carbocycles. The molecule has 0 aliphatic carbocycles. The van der Waals surface area contributed by atoms with E-state index in [9.17, 15) is 0 Å². The van der Waals surface area contributed by atoms with E-state index in [0.29, 0.717) is 6.54 Å². The van der Waals surface area contributed by atoms with E-state index in [0.717, 1.165) is 28.1 Å². The monoisotopic (exact) mass is 372 g/mol. The van der Waals surface area contributed by atoms with Crippen LogP contribution in [-0.4, -0.2) is 45.3 Å². The van der Waals surface area contributed by atoms with E-state index in [1.54, 1.807) is 0 Å². The first kappa shape index (κ1) is 18.1. The molecular weight excluding hydrogens is 348 g/mol. The molecule has 2 aromatic heterocycles. The highest BCUT2D eigenvalue weighted by molar-refractivity contribution is 5.90. The van der Waals surface area contributed by atoms with Crippen molar-refractivity contribution in [3.63, 3.8) is 0 Å². The van der Waals surface area contributed by atoms with Crippen LogP contribution in [-0.2, 0) is 7.05 Å². The van der Waals surface area contributed by atoms with E-state index < -0.39 is 0 Å². The van der Waals surface area contributed by atoms with E-state index in [-0.39, 0.29) is 6.04 Å². The number of aryl methyl sites for hydroxylation is 1. The van der Waals surface area contributed by atoms with Crippen LogP contribution in [0.5, 0.6) is 0 Å². The first-order valence-electron chi connectivity index (χ1n) is 9.33. The number of aromatic nitrogens is 4. The van der Waals surface area contributed by atoms with Gasteiger partial charge in [-0.3, -0.25) is 4.68 Å². The molecule has 0 bridgehead atoms. The first-order chi connectivity index (χ1) is 13.6. The summed E-state index contributed by atoms with van der Waals surface area (Å²) in [7, 11) is 6.09. The number of fused-ring (bicyclic) bond motifs is 1. The Bertz CT molecular complexity index is 1070. The fraction of sp³-hybridized carbons (Fsp3) is 0.227. The Balaban J connectivity index is 1.69. The van der Waals surface area contributed by atoms with Gasteiger partial charge in [-0.15, -0.1) is 0 Å². The highest BCUT2D eigenvalue weighted by Crippen LogP contribution is 2.26. The molecule has 0 amide bonds. The Hall–Kier alpha value is -3.25. The minimum absolute atomic E-state index is 0.183. The molecule has 142 valence electrons. The Labute approximate surface area is 164 Å². The number of nitrogens with one attached hydrogen (secondary N) is 1. The number of rotatable bonds is 6. The number of benzene rings is 2. The van der Waals surface area contributed by atoms with Gasteiger partial charge < -0.3 is 10.2 Å². The number of hydrogen-bond acceptors (Lipinski definition) is 5. The quantitative estimate of drug-likeness (QED) is 0.559. The normalized spacial score (nSPS) is 12.4. The van der Waals surface area contributed by atoms with Crippen molar-refractivity contribution >= 4 is 16.7 Å². The van der Waals surface area contributed by atoms with Gasteiger partial charge in [-0.2, -0.15) is 5.10 Å². The van der Waals surface area contributed by atoms with E-state index in [2.05, 4.69) is 41.7 Å². The van der Waals surface area contributed by atoms with Crippen molar-refractivity contribution < 1.29 is 0 Å². The first-order valence-corrected chi connectivity index (χ1v) is 9.33. The van der Waals surface area contributed by atoms with Gasteiger partial charge >= 0.3 is 0 Å². The van der Waals surface area contributed by atoms with E-state index in [4.69, 9.17) is 9.97 Å². The molecular formula is C22H24N6. The molecule has 0 radical (unpaired) electrons. The molecule has 0 aliphatic heterocycles. The third-order valence-corrected chi connectivity index (χ3v) is 4.83. The van der Waals surface area contributed by atoms with Crippen LogP contribution in [0.1, 0.15) is 11.6 Å². The fourth-order valence-electron chi connectivity index (χ4n) is 3.33. The molecule has 6 heteroatoms. The van der Waals surface area contributed by atoms with Crippen LogP contribution < -0.4 is 5.32 Å². The number of likely N-dealkylation sites (N-methyl/N-ethyl adjacent to an activating group) is 1. The minimum Gasteiger partial charge on any atom is -0.368 e.